The van der Waals surface area contributed by atoms with Gasteiger partial charge >= 0.3 is 0 Å². The molecule has 0 aromatic rings. The van der Waals surface area contributed by atoms with Gasteiger partial charge in [0.05, 0.1) is 0 Å². The van der Waals surface area contributed by atoms with E-state index in [2.05, 4.69) is 13.3 Å². The fourth-order valence-electron chi connectivity index (χ4n) is 4.94. The second-order valence-electron chi connectivity index (χ2n) is 6.14. The molecule has 4 aliphatic carbocycles. The Morgan fingerprint density at radius 3 is 1.86 bits per heavy atom. The Morgan fingerprint density at radius 1 is 1.07 bits per heavy atom. The zero-order valence-electron chi connectivity index (χ0n) is 9.21. The van der Waals surface area contributed by atoms with Crippen molar-refractivity contribution < 1.29 is 0 Å². The van der Waals surface area contributed by atoms with Crippen LogP contribution >= 0.6 is 0 Å². The summed E-state index contributed by atoms with van der Waals surface area (Å²) < 4.78 is 0. The molecule has 0 saturated heterocycles. The second kappa shape index (κ2) is 2.98. The molecule has 4 rings (SSSR count). The highest BCUT2D eigenvalue weighted by molar-refractivity contribution is 5.07. The molecule has 79 valence electrons. The van der Waals surface area contributed by atoms with Crippen LogP contribution in [0.15, 0.2) is 0 Å². The summed E-state index contributed by atoms with van der Waals surface area (Å²) >= 11 is 0. The third-order valence-corrected chi connectivity index (χ3v) is 5.15. The van der Waals surface area contributed by atoms with Crippen molar-refractivity contribution in [2.24, 2.45) is 28.9 Å². The van der Waals surface area contributed by atoms with Crippen molar-refractivity contribution in [3.8, 4) is 0 Å². The highest BCUT2D eigenvalue weighted by atomic mass is 14.7. The maximum absolute atomic E-state index is 6.32. The molecule has 0 aromatic carbocycles. The lowest BCUT2D eigenvalue weighted by Crippen LogP contribution is -2.54. The van der Waals surface area contributed by atoms with Crippen molar-refractivity contribution in [2.45, 2.75) is 51.5 Å². The summed E-state index contributed by atoms with van der Waals surface area (Å²) in [6.45, 7) is 2.14. The third kappa shape index (κ3) is 1.18. The van der Waals surface area contributed by atoms with Crippen LogP contribution in [-0.2, 0) is 0 Å². The summed E-state index contributed by atoms with van der Waals surface area (Å²) in [5.41, 5.74) is 6.85. The number of hydrogen-bond acceptors (Lipinski definition) is 1. The summed E-state index contributed by atoms with van der Waals surface area (Å²) in [6, 6.07) is 0.371. The summed E-state index contributed by atoms with van der Waals surface area (Å²) in [6.07, 6.45) is 11.1. The standard InChI is InChI=1S/C13H22N/c1-2-12(14)13-6-9-3-10(7-13)5-11(4-9)8-13/h2,9-12H,3-8,14H2,1H3. The van der Waals surface area contributed by atoms with E-state index in [4.69, 9.17) is 5.73 Å². The van der Waals surface area contributed by atoms with Gasteiger partial charge in [0.25, 0.3) is 0 Å². The molecule has 0 amide bonds. The molecule has 0 aromatic heterocycles. The quantitative estimate of drug-likeness (QED) is 0.715. The van der Waals surface area contributed by atoms with Gasteiger partial charge < -0.3 is 5.73 Å². The van der Waals surface area contributed by atoms with Gasteiger partial charge in [0.1, 0.15) is 0 Å². The molecule has 4 fully saturated rings. The number of hydrogen-bond donors (Lipinski definition) is 1. The van der Waals surface area contributed by atoms with Crippen LogP contribution < -0.4 is 5.73 Å². The summed E-state index contributed by atoms with van der Waals surface area (Å²) in [5, 5.41) is 0. The molecular weight excluding hydrogens is 170 g/mol. The Balaban J connectivity index is 1.87. The van der Waals surface area contributed by atoms with Crippen molar-refractivity contribution in [3.05, 3.63) is 6.42 Å². The Kier molecular flexibility index (Phi) is 1.96. The van der Waals surface area contributed by atoms with E-state index in [0.29, 0.717) is 11.5 Å². The summed E-state index contributed by atoms with van der Waals surface area (Å²) in [5.74, 6) is 3.10. The average molecular weight is 192 g/mol. The van der Waals surface area contributed by atoms with Crippen molar-refractivity contribution >= 4 is 0 Å². The van der Waals surface area contributed by atoms with Gasteiger partial charge in [-0.2, -0.15) is 0 Å². The van der Waals surface area contributed by atoms with E-state index in [1.807, 2.05) is 0 Å². The topological polar surface area (TPSA) is 26.0 Å². The van der Waals surface area contributed by atoms with Crippen LogP contribution in [0.2, 0.25) is 0 Å². The first-order chi connectivity index (χ1) is 6.72. The van der Waals surface area contributed by atoms with E-state index in [1.165, 1.54) is 38.5 Å². The van der Waals surface area contributed by atoms with Crippen LogP contribution in [0.4, 0.5) is 0 Å². The fourth-order valence-corrected chi connectivity index (χ4v) is 4.94. The Morgan fingerprint density at radius 2 is 1.50 bits per heavy atom. The molecule has 1 unspecified atom stereocenters. The van der Waals surface area contributed by atoms with Gasteiger partial charge in [-0.25, -0.2) is 0 Å². The third-order valence-electron chi connectivity index (χ3n) is 5.15. The van der Waals surface area contributed by atoms with Crippen LogP contribution in [-0.4, -0.2) is 6.04 Å². The van der Waals surface area contributed by atoms with Crippen molar-refractivity contribution in [1.82, 2.24) is 0 Å². The minimum Gasteiger partial charge on any atom is -0.327 e. The Hall–Kier alpha value is -0.0400. The van der Waals surface area contributed by atoms with Gasteiger partial charge in [-0.3, -0.25) is 0 Å². The predicted molar refractivity (Wildman–Crippen MR) is 58.6 cm³/mol. The molecule has 4 bridgehead atoms. The molecular formula is C13H22N. The van der Waals surface area contributed by atoms with Gasteiger partial charge in [0, 0.05) is 6.04 Å². The first kappa shape index (κ1) is 9.21. The maximum Gasteiger partial charge on any atom is 0.0125 e. The highest BCUT2D eigenvalue weighted by Gasteiger charge is 2.52. The second-order valence-corrected chi connectivity index (χ2v) is 6.14. The van der Waals surface area contributed by atoms with E-state index in [9.17, 15) is 0 Å². The Labute approximate surface area is 87.4 Å². The Bertz CT molecular complexity index is 198. The maximum atomic E-state index is 6.32. The molecule has 1 heteroatoms. The van der Waals surface area contributed by atoms with Gasteiger partial charge in [0.15, 0.2) is 0 Å². The van der Waals surface area contributed by atoms with Gasteiger partial charge in [-0.15, -0.1) is 0 Å². The smallest absolute Gasteiger partial charge is 0.0125 e. The van der Waals surface area contributed by atoms with E-state index >= 15 is 0 Å². The molecule has 0 heterocycles. The lowest BCUT2D eigenvalue weighted by atomic mass is 9.47. The molecule has 0 aliphatic heterocycles. The average Bonchev–Trinajstić information content (AvgIpc) is 2.14. The van der Waals surface area contributed by atoms with E-state index in [-0.39, 0.29) is 0 Å². The molecule has 2 N–H and O–H groups in total. The molecule has 4 aliphatic rings. The van der Waals surface area contributed by atoms with Crippen LogP contribution in [0.1, 0.15) is 45.4 Å². The van der Waals surface area contributed by atoms with Gasteiger partial charge in [0.2, 0.25) is 0 Å². The van der Waals surface area contributed by atoms with Gasteiger partial charge in [-0.05, 0) is 68.1 Å². The molecule has 1 nitrogen and oxygen atoms in total. The normalized spacial score (nSPS) is 52.3. The molecule has 4 saturated carbocycles. The minimum atomic E-state index is 0.371. The largest absolute Gasteiger partial charge is 0.327 e. The van der Waals surface area contributed by atoms with Crippen LogP contribution in [0.25, 0.3) is 0 Å². The van der Waals surface area contributed by atoms with E-state index in [1.54, 1.807) is 0 Å². The molecule has 0 spiro atoms. The first-order valence-electron chi connectivity index (χ1n) is 6.27. The van der Waals surface area contributed by atoms with Gasteiger partial charge in [-0.1, -0.05) is 6.92 Å². The lowest BCUT2D eigenvalue weighted by Gasteiger charge is -2.58. The SMILES string of the molecule is C[CH]C(N)C12CC3CC(CC(C3)C1)C2. The summed E-state index contributed by atoms with van der Waals surface area (Å²) in [4.78, 5) is 0. The zero-order chi connectivity index (χ0) is 9.76. The fraction of sp³-hybridized carbons (Fsp3) is 0.923. The van der Waals surface area contributed by atoms with E-state index in [0.717, 1.165) is 17.8 Å². The minimum absolute atomic E-state index is 0.371. The van der Waals surface area contributed by atoms with Crippen molar-refractivity contribution in [1.29, 1.82) is 0 Å². The van der Waals surface area contributed by atoms with E-state index < -0.39 is 0 Å². The number of rotatable bonds is 2. The molecule has 1 radical (unpaired) electrons. The van der Waals surface area contributed by atoms with Crippen molar-refractivity contribution in [2.75, 3.05) is 0 Å². The monoisotopic (exact) mass is 192 g/mol. The molecule has 14 heavy (non-hydrogen) atoms. The first-order valence-corrected chi connectivity index (χ1v) is 6.27. The zero-order valence-corrected chi connectivity index (χ0v) is 9.21. The van der Waals surface area contributed by atoms with Crippen LogP contribution in [0.3, 0.4) is 0 Å². The highest BCUT2D eigenvalue weighted by Crippen LogP contribution is 2.61. The number of nitrogens with two attached hydrogens (primary N) is 1. The molecule has 1 atom stereocenters. The van der Waals surface area contributed by atoms with Crippen LogP contribution in [0.5, 0.6) is 0 Å². The lowest BCUT2D eigenvalue weighted by molar-refractivity contribution is -0.0614. The summed E-state index contributed by atoms with van der Waals surface area (Å²) in [7, 11) is 0. The van der Waals surface area contributed by atoms with Crippen LogP contribution in [0, 0.1) is 29.6 Å². The van der Waals surface area contributed by atoms with Crippen molar-refractivity contribution in [3.63, 3.8) is 0 Å². The predicted octanol–water partition coefficient (Wildman–Crippen LogP) is 2.75.